The fourth-order valence-corrected chi connectivity index (χ4v) is 4.28. The number of nitrogens with one attached hydrogen (secondary N) is 1. The van der Waals surface area contributed by atoms with E-state index in [0.29, 0.717) is 16.4 Å². The Bertz CT molecular complexity index is 939. The van der Waals surface area contributed by atoms with Crippen molar-refractivity contribution < 1.29 is 8.42 Å². The first-order chi connectivity index (χ1) is 11.4. The van der Waals surface area contributed by atoms with E-state index in [2.05, 4.69) is 14.8 Å². The molecule has 0 atom stereocenters. The highest BCUT2D eigenvalue weighted by atomic mass is 32.2. The maximum absolute atomic E-state index is 12.7. The zero-order valence-electron chi connectivity index (χ0n) is 13.7. The lowest BCUT2D eigenvalue weighted by molar-refractivity contribution is 0.600. The number of hydrogen-bond donors (Lipinski definition) is 1. The van der Waals surface area contributed by atoms with Gasteiger partial charge in [-0.05, 0) is 50.1 Å². The second kappa shape index (κ2) is 6.09. The third kappa shape index (κ3) is 3.16. The van der Waals surface area contributed by atoms with Crippen molar-refractivity contribution in [3.05, 3.63) is 65.6 Å². The van der Waals surface area contributed by atoms with Crippen molar-refractivity contribution in [2.75, 3.05) is 4.72 Å². The normalized spacial score (nSPS) is 11.5. The number of nitrogens with zero attached hydrogens (tertiary/aromatic N) is 3. The number of hydrogen-bond acceptors (Lipinski definition) is 4. The van der Waals surface area contributed by atoms with Crippen LogP contribution >= 0.6 is 0 Å². The minimum absolute atomic E-state index is 0.309. The standard InChI is InChI=1S/C17H18N4O2S/c1-12-9-13(2)17(14(3)10-12)24(22,23)20-15-5-6-16(18-11-15)21-8-4-7-19-21/h4-11,20H,1-3H3. The Hall–Kier alpha value is -2.67. The highest BCUT2D eigenvalue weighted by Gasteiger charge is 2.20. The van der Waals surface area contributed by atoms with E-state index in [0.717, 1.165) is 16.7 Å². The lowest BCUT2D eigenvalue weighted by atomic mass is 10.1. The van der Waals surface area contributed by atoms with Crippen LogP contribution in [0.5, 0.6) is 0 Å². The first-order valence-corrected chi connectivity index (χ1v) is 8.92. The summed E-state index contributed by atoms with van der Waals surface area (Å²) < 4.78 is 29.6. The maximum atomic E-state index is 12.7. The van der Waals surface area contributed by atoms with Crippen LogP contribution in [0.4, 0.5) is 5.69 Å². The molecule has 2 aromatic heterocycles. The molecular formula is C17H18N4O2S. The van der Waals surface area contributed by atoms with Gasteiger partial charge in [0.25, 0.3) is 10.0 Å². The van der Waals surface area contributed by atoms with E-state index in [1.165, 1.54) is 6.20 Å². The van der Waals surface area contributed by atoms with Gasteiger partial charge in [0.15, 0.2) is 5.82 Å². The van der Waals surface area contributed by atoms with Crippen molar-refractivity contribution in [3.8, 4) is 5.82 Å². The van der Waals surface area contributed by atoms with Gasteiger partial charge in [0.2, 0.25) is 0 Å². The number of aryl methyl sites for hydroxylation is 3. The Morgan fingerprint density at radius 3 is 2.33 bits per heavy atom. The molecular weight excluding hydrogens is 324 g/mol. The van der Waals surface area contributed by atoms with Gasteiger partial charge in [-0.15, -0.1) is 0 Å². The Morgan fingerprint density at radius 1 is 1.08 bits per heavy atom. The summed E-state index contributed by atoms with van der Waals surface area (Å²) in [6.45, 7) is 5.54. The van der Waals surface area contributed by atoms with Crippen LogP contribution in [0.15, 0.2) is 53.8 Å². The first kappa shape index (κ1) is 16.2. The zero-order valence-corrected chi connectivity index (χ0v) is 14.5. The van der Waals surface area contributed by atoms with Gasteiger partial charge < -0.3 is 0 Å². The van der Waals surface area contributed by atoms with Crippen LogP contribution in [0.25, 0.3) is 5.82 Å². The van der Waals surface area contributed by atoms with Crippen molar-refractivity contribution in [2.45, 2.75) is 25.7 Å². The van der Waals surface area contributed by atoms with Gasteiger partial charge in [0.1, 0.15) is 0 Å². The van der Waals surface area contributed by atoms with Gasteiger partial charge in [0, 0.05) is 12.4 Å². The first-order valence-electron chi connectivity index (χ1n) is 7.43. The van der Waals surface area contributed by atoms with Gasteiger partial charge in [0.05, 0.1) is 16.8 Å². The summed E-state index contributed by atoms with van der Waals surface area (Å²) in [5.74, 6) is 0.616. The summed E-state index contributed by atoms with van der Waals surface area (Å²) in [7, 11) is -3.67. The minimum Gasteiger partial charge on any atom is -0.278 e. The minimum atomic E-state index is -3.67. The molecule has 1 N–H and O–H groups in total. The van der Waals surface area contributed by atoms with Gasteiger partial charge in [-0.2, -0.15) is 5.10 Å². The van der Waals surface area contributed by atoms with Crippen molar-refractivity contribution in [2.24, 2.45) is 0 Å². The van der Waals surface area contributed by atoms with Crippen molar-refractivity contribution >= 4 is 15.7 Å². The van der Waals surface area contributed by atoms with Crippen LogP contribution in [0.1, 0.15) is 16.7 Å². The fraction of sp³-hybridized carbons (Fsp3) is 0.176. The Kier molecular flexibility index (Phi) is 4.11. The smallest absolute Gasteiger partial charge is 0.262 e. The van der Waals surface area contributed by atoms with E-state index in [1.54, 1.807) is 49.1 Å². The van der Waals surface area contributed by atoms with Gasteiger partial charge in [-0.3, -0.25) is 4.72 Å². The maximum Gasteiger partial charge on any atom is 0.262 e. The van der Waals surface area contributed by atoms with E-state index in [4.69, 9.17) is 0 Å². The zero-order chi connectivity index (χ0) is 17.3. The Morgan fingerprint density at radius 2 is 1.79 bits per heavy atom. The Labute approximate surface area is 141 Å². The molecule has 1 aromatic carbocycles. The third-order valence-corrected chi connectivity index (χ3v) is 5.30. The van der Waals surface area contributed by atoms with Crippen LogP contribution in [-0.4, -0.2) is 23.2 Å². The number of rotatable bonds is 4. The fourth-order valence-electron chi connectivity index (χ4n) is 2.78. The molecule has 0 bridgehead atoms. The molecule has 124 valence electrons. The summed E-state index contributed by atoms with van der Waals surface area (Å²) in [4.78, 5) is 4.54. The number of sulfonamides is 1. The number of anilines is 1. The molecule has 0 aliphatic rings. The molecule has 0 aliphatic heterocycles. The van der Waals surface area contributed by atoms with E-state index >= 15 is 0 Å². The molecule has 0 saturated carbocycles. The van der Waals surface area contributed by atoms with Crippen LogP contribution in [0.3, 0.4) is 0 Å². The summed E-state index contributed by atoms with van der Waals surface area (Å²) >= 11 is 0. The largest absolute Gasteiger partial charge is 0.278 e. The van der Waals surface area contributed by atoms with E-state index in [-0.39, 0.29) is 0 Å². The summed E-state index contributed by atoms with van der Waals surface area (Å²) in [5.41, 5.74) is 2.89. The summed E-state index contributed by atoms with van der Waals surface area (Å²) in [6.07, 6.45) is 4.90. The van der Waals surface area contributed by atoms with Crippen LogP contribution in [-0.2, 0) is 10.0 Å². The average Bonchev–Trinajstić information content (AvgIpc) is 3.00. The van der Waals surface area contributed by atoms with Crippen molar-refractivity contribution in [1.82, 2.24) is 14.8 Å². The van der Waals surface area contributed by atoms with E-state index in [1.807, 2.05) is 19.1 Å². The highest BCUT2D eigenvalue weighted by molar-refractivity contribution is 7.92. The van der Waals surface area contributed by atoms with E-state index in [9.17, 15) is 8.42 Å². The predicted octanol–water partition coefficient (Wildman–Crippen LogP) is 2.99. The molecule has 24 heavy (non-hydrogen) atoms. The molecule has 0 saturated heterocycles. The third-order valence-electron chi connectivity index (χ3n) is 3.61. The topological polar surface area (TPSA) is 76.9 Å². The lowest BCUT2D eigenvalue weighted by Gasteiger charge is -2.14. The molecule has 3 aromatic rings. The van der Waals surface area contributed by atoms with Gasteiger partial charge in [-0.1, -0.05) is 17.7 Å². The second-order valence-electron chi connectivity index (χ2n) is 5.69. The summed E-state index contributed by atoms with van der Waals surface area (Å²) in [5, 5.41) is 4.09. The lowest BCUT2D eigenvalue weighted by Crippen LogP contribution is -2.16. The Balaban J connectivity index is 1.90. The quantitative estimate of drug-likeness (QED) is 0.791. The highest BCUT2D eigenvalue weighted by Crippen LogP contribution is 2.24. The van der Waals surface area contributed by atoms with Crippen LogP contribution in [0, 0.1) is 20.8 Å². The average molecular weight is 342 g/mol. The molecule has 0 amide bonds. The molecule has 3 rings (SSSR count). The molecule has 7 heteroatoms. The SMILES string of the molecule is Cc1cc(C)c(S(=O)(=O)Nc2ccc(-n3cccn3)nc2)c(C)c1. The molecule has 0 fully saturated rings. The second-order valence-corrected chi connectivity index (χ2v) is 7.31. The molecule has 0 aliphatic carbocycles. The van der Waals surface area contributed by atoms with E-state index < -0.39 is 10.0 Å². The van der Waals surface area contributed by atoms with Crippen molar-refractivity contribution in [3.63, 3.8) is 0 Å². The predicted molar refractivity (Wildman–Crippen MR) is 92.8 cm³/mol. The van der Waals surface area contributed by atoms with Gasteiger partial charge in [-0.25, -0.2) is 18.1 Å². The van der Waals surface area contributed by atoms with Gasteiger partial charge >= 0.3 is 0 Å². The van der Waals surface area contributed by atoms with Crippen LogP contribution < -0.4 is 4.72 Å². The molecule has 6 nitrogen and oxygen atoms in total. The number of aromatic nitrogens is 3. The number of pyridine rings is 1. The molecule has 2 heterocycles. The monoisotopic (exact) mass is 342 g/mol. The molecule has 0 radical (unpaired) electrons. The van der Waals surface area contributed by atoms with Crippen molar-refractivity contribution in [1.29, 1.82) is 0 Å². The summed E-state index contributed by atoms with van der Waals surface area (Å²) in [6, 6.07) is 8.89. The van der Waals surface area contributed by atoms with Crippen LogP contribution in [0.2, 0.25) is 0 Å². The number of benzene rings is 1. The molecule has 0 spiro atoms. The molecule has 0 unspecified atom stereocenters.